The molecule has 0 radical (unpaired) electrons. The van der Waals surface area contributed by atoms with E-state index in [9.17, 15) is 9.59 Å². The van der Waals surface area contributed by atoms with Crippen molar-refractivity contribution in [3.63, 3.8) is 0 Å². The lowest BCUT2D eigenvalue weighted by Crippen LogP contribution is -2.41. The van der Waals surface area contributed by atoms with Gasteiger partial charge in [0.15, 0.2) is 5.78 Å². The molecule has 27 heavy (non-hydrogen) atoms. The van der Waals surface area contributed by atoms with Crippen molar-refractivity contribution in [3.8, 4) is 0 Å². The number of carbonyl (C=O) groups is 2. The van der Waals surface area contributed by atoms with E-state index >= 15 is 0 Å². The van der Waals surface area contributed by atoms with Gasteiger partial charge in [-0.1, -0.05) is 36.4 Å². The van der Waals surface area contributed by atoms with Crippen LogP contribution in [0.2, 0.25) is 0 Å². The third-order valence-corrected chi connectivity index (χ3v) is 5.03. The molecular weight excluding hydrogens is 338 g/mol. The van der Waals surface area contributed by atoms with E-state index < -0.39 is 6.04 Å². The molecule has 1 amide bonds. The Morgan fingerprint density at radius 1 is 1.07 bits per heavy atom. The van der Waals surface area contributed by atoms with Gasteiger partial charge in [-0.2, -0.15) is 0 Å². The number of aromatic nitrogens is 1. The first kappa shape index (κ1) is 18.9. The third kappa shape index (κ3) is 3.93. The zero-order valence-electron chi connectivity index (χ0n) is 16.2. The average molecular weight is 363 g/mol. The van der Waals surface area contributed by atoms with Crippen molar-refractivity contribution in [1.82, 2.24) is 9.88 Å². The molecule has 0 aliphatic carbocycles. The number of likely N-dealkylation sites (N-methyl/N-ethyl adjacent to an activating group) is 1. The summed E-state index contributed by atoms with van der Waals surface area (Å²) in [6, 6.07) is 13.2. The lowest BCUT2D eigenvalue weighted by Gasteiger charge is -2.23. The second-order valence-electron chi connectivity index (χ2n) is 7.02. The Bertz CT molecular complexity index is 970. The zero-order chi connectivity index (χ0) is 19.6. The predicted octanol–water partition coefficient (Wildman–Crippen LogP) is 3.93. The normalized spacial score (nSPS) is 12.3. The molecule has 2 aromatic carbocycles. The molecule has 1 heterocycles. The molecule has 3 rings (SSSR count). The van der Waals surface area contributed by atoms with E-state index in [0.717, 1.165) is 27.7 Å². The number of aryl methyl sites for hydroxylation is 2. The Kier molecular flexibility index (Phi) is 5.42. The van der Waals surface area contributed by atoms with Gasteiger partial charge in [-0.05, 0) is 45.0 Å². The molecule has 1 atom stereocenters. The second kappa shape index (κ2) is 7.76. The largest absolute Gasteiger partial charge is 0.360 e. The Labute approximate surface area is 159 Å². The number of aromatic amines is 1. The number of nitrogens with zero attached hydrogens (tertiary/aromatic N) is 1. The van der Waals surface area contributed by atoms with Gasteiger partial charge >= 0.3 is 0 Å². The van der Waals surface area contributed by atoms with Gasteiger partial charge in [0, 0.05) is 28.4 Å². The highest BCUT2D eigenvalue weighted by atomic mass is 16.2. The van der Waals surface area contributed by atoms with Gasteiger partial charge in [0.25, 0.3) is 0 Å². The topological polar surface area (TPSA) is 65.2 Å². The van der Waals surface area contributed by atoms with Crippen LogP contribution in [0.1, 0.15) is 28.4 Å². The fourth-order valence-electron chi connectivity index (χ4n) is 3.25. The zero-order valence-corrected chi connectivity index (χ0v) is 16.2. The molecule has 0 aliphatic rings. The number of Topliss-reactive ketones (excluding diaryl/α,β-unsaturated/α-hetero) is 1. The highest BCUT2D eigenvalue weighted by Crippen LogP contribution is 2.21. The number of benzene rings is 2. The van der Waals surface area contributed by atoms with Gasteiger partial charge in [0.1, 0.15) is 0 Å². The van der Waals surface area contributed by atoms with E-state index in [1.807, 2.05) is 63.2 Å². The van der Waals surface area contributed by atoms with Crippen LogP contribution in [0, 0.1) is 13.8 Å². The van der Waals surface area contributed by atoms with Gasteiger partial charge in [-0.25, -0.2) is 0 Å². The van der Waals surface area contributed by atoms with Gasteiger partial charge < -0.3 is 10.3 Å². The molecule has 0 aliphatic heterocycles. The minimum Gasteiger partial charge on any atom is -0.360 e. The number of fused-ring (bicyclic) bond motifs is 1. The van der Waals surface area contributed by atoms with Crippen LogP contribution in [-0.4, -0.2) is 41.2 Å². The Morgan fingerprint density at radius 2 is 1.74 bits per heavy atom. The van der Waals surface area contributed by atoms with Crippen molar-refractivity contribution in [2.45, 2.75) is 26.8 Å². The number of anilines is 1. The minimum absolute atomic E-state index is 0.00479. The molecule has 5 nitrogen and oxygen atoms in total. The van der Waals surface area contributed by atoms with Crippen molar-refractivity contribution in [3.05, 3.63) is 65.4 Å². The van der Waals surface area contributed by atoms with E-state index in [1.54, 1.807) is 18.1 Å². The highest BCUT2D eigenvalue weighted by Gasteiger charge is 2.23. The van der Waals surface area contributed by atoms with Crippen LogP contribution < -0.4 is 5.32 Å². The summed E-state index contributed by atoms with van der Waals surface area (Å²) in [5, 5.41) is 3.87. The maximum absolute atomic E-state index is 12.9. The van der Waals surface area contributed by atoms with Gasteiger partial charge in [0.05, 0.1) is 12.6 Å². The molecule has 0 saturated heterocycles. The molecule has 0 fully saturated rings. The lowest BCUT2D eigenvalue weighted by molar-refractivity contribution is -0.117. The van der Waals surface area contributed by atoms with Crippen molar-refractivity contribution >= 4 is 28.3 Å². The number of nitrogens with one attached hydrogen (secondary N) is 2. The minimum atomic E-state index is -0.409. The second-order valence-corrected chi connectivity index (χ2v) is 7.02. The number of carbonyl (C=O) groups excluding carboxylic acids is 2. The number of rotatable bonds is 6. The maximum Gasteiger partial charge on any atom is 0.238 e. The van der Waals surface area contributed by atoms with Crippen LogP contribution in [0.25, 0.3) is 10.9 Å². The van der Waals surface area contributed by atoms with Gasteiger partial charge in [-0.15, -0.1) is 0 Å². The Morgan fingerprint density at radius 3 is 2.44 bits per heavy atom. The summed E-state index contributed by atoms with van der Waals surface area (Å²) in [5.74, 6) is -0.136. The lowest BCUT2D eigenvalue weighted by atomic mass is 10.0. The maximum atomic E-state index is 12.9. The molecule has 2 N–H and O–H groups in total. The molecule has 0 bridgehead atoms. The predicted molar refractivity (Wildman–Crippen MR) is 109 cm³/mol. The molecule has 140 valence electrons. The summed E-state index contributed by atoms with van der Waals surface area (Å²) < 4.78 is 0. The fourth-order valence-corrected chi connectivity index (χ4v) is 3.25. The summed E-state index contributed by atoms with van der Waals surface area (Å²) in [4.78, 5) is 30.3. The van der Waals surface area contributed by atoms with Crippen LogP contribution in [-0.2, 0) is 4.79 Å². The molecule has 0 saturated carbocycles. The number of para-hydroxylation sites is 2. The van der Waals surface area contributed by atoms with Gasteiger partial charge in [0.2, 0.25) is 5.91 Å². The van der Waals surface area contributed by atoms with E-state index in [4.69, 9.17) is 0 Å². The van der Waals surface area contributed by atoms with E-state index in [-0.39, 0.29) is 18.2 Å². The Balaban J connectivity index is 1.69. The summed E-state index contributed by atoms with van der Waals surface area (Å²) in [5.41, 5.74) is 4.47. The van der Waals surface area contributed by atoms with Gasteiger partial charge in [-0.3, -0.25) is 14.5 Å². The number of amides is 1. The quantitative estimate of drug-likeness (QED) is 0.652. The first-order chi connectivity index (χ1) is 12.9. The number of ketones is 1. The summed E-state index contributed by atoms with van der Waals surface area (Å²) in [6.45, 7) is 5.91. The first-order valence-electron chi connectivity index (χ1n) is 9.05. The van der Waals surface area contributed by atoms with E-state index in [2.05, 4.69) is 10.3 Å². The monoisotopic (exact) mass is 363 g/mol. The first-order valence-corrected chi connectivity index (χ1v) is 9.05. The summed E-state index contributed by atoms with van der Waals surface area (Å²) in [6.07, 6.45) is 1.74. The molecule has 1 aromatic heterocycles. The smallest absolute Gasteiger partial charge is 0.238 e. The molecule has 0 unspecified atom stereocenters. The highest BCUT2D eigenvalue weighted by molar-refractivity contribution is 6.10. The van der Waals surface area contributed by atoms with Crippen LogP contribution in [0.5, 0.6) is 0 Å². The standard InChI is InChI=1S/C22H25N3O2/c1-14-8-7-9-15(2)21(14)24-20(26)13-25(4)16(3)22(27)18-12-23-19-11-6-5-10-17(18)19/h5-12,16,23H,13H2,1-4H3,(H,24,26)/t16-/m1/s1. The van der Waals surface area contributed by atoms with Crippen molar-refractivity contribution < 1.29 is 9.59 Å². The van der Waals surface area contributed by atoms with E-state index in [0.29, 0.717) is 5.56 Å². The number of hydrogen-bond acceptors (Lipinski definition) is 3. The Hall–Kier alpha value is -2.92. The van der Waals surface area contributed by atoms with Crippen molar-refractivity contribution in [2.24, 2.45) is 0 Å². The third-order valence-electron chi connectivity index (χ3n) is 5.03. The van der Waals surface area contributed by atoms with Crippen LogP contribution in [0.4, 0.5) is 5.69 Å². The summed E-state index contributed by atoms with van der Waals surface area (Å²) in [7, 11) is 1.79. The SMILES string of the molecule is Cc1cccc(C)c1NC(=O)CN(C)[C@H](C)C(=O)c1c[nH]c2ccccc12. The number of H-pyrrole nitrogens is 1. The van der Waals surface area contributed by atoms with Crippen LogP contribution in [0.15, 0.2) is 48.7 Å². The average Bonchev–Trinajstić information content (AvgIpc) is 3.07. The van der Waals surface area contributed by atoms with Crippen LogP contribution >= 0.6 is 0 Å². The fraction of sp³-hybridized carbons (Fsp3) is 0.273. The van der Waals surface area contributed by atoms with Crippen molar-refractivity contribution in [1.29, 1.82) is 0 Å². The number of hydrogen-bond donors (Lipinski definition) is 2. The molecular formula is C22H25N3O2. The summed E-state index contributed by atoms with van der Waals surface area (Å²) >= 11 is 0. The van der Waals surface area contributed by atoms with E-state index in [1.165, 1.54) is 0 Å². The van der Waals surface area contributed by atoms with Crippen LogP contribution in [0.3, 0.4) is 0 Å². The van der Waals surface area contributed by atoms with Crippen molar-refractivity contribution in [2.75, 3.05) is 18.9 Å². The molecule has 0 spiro atoms. The molecule has 5 heteroatoms. The molecule has 3 aromatic rings.